The highest BCUT2D eigenvalue weighted by molar-refractivity contribution is 5.86. The molecular formula is C15H16FNO4. The van der Waals surface area contributed by atoms with Crippen molar-refractivity contribution in [2.75, 3.05) is 21.3 Å². The molecule has 0 aliphatic rings. The predicted octanol–water partition coefficient (Wildman–Crippen LogP) is 2.52. The van der Waals surface area contributed by atoms with Crippen molar-refractivity contribution in [3.63, 3.8) is 0 Å². The third-order valence-electron chi connectivity index (χ3n) is 3.11. The summed E-state index contributed by atoms with van der Waals surface area (Å²) in [5.74, 6) is -0.170. The maximum absolute atomic E-state index is 14.1. The molecule has 1 N–H and O–H groups in total. The molecule has 0 radical (unpaired) electrons. The van der Waals surface area contributed by atoms with Gasteiger partial charge in [-0.3, -0.25) is 0 Å². The van der Waals surface area contributed by atoms with E-state index in [0.29, 0.717) is 17.1 Å². The van der Waals surface area contributed by atoms with Gasteiger partial charge in [-0.05, 0) is 31.3 Å². The number of esters is 1. The first-order chi connectivity index (χ1) is 10.1. The number of hydrogen-bond acceptors (Lipinski definition) is 5. The highest BCUT2D eigenvalue weighted by atomic mass is 19.1. The van der Waals surface area contributed by atoms with Crippen molar-refractivity contribution >= 4 is 5.97 Å². The minimum absolute atomic E-state index is 0.0584. The molecule has 0 bridgehead atoms. The number of methoxy groups -OCH3 is 2. The Kier molecular flexibility index (Phi) is 4.59. The molecule has 1 heterocycles. The molecule has 1 aromatic carbocycles. The molecule has 6 heteroatoms. The molecule has 5 nitrogen and oxygen atoms in total. The fourth-order valence-corrected chi connectivity index (χ4v) is 2.12. The zero-order chi connectivity index (χ0) is 15.4. The van der Waals surface area contributed by atoms with Crippen LogP contribution in [0.2, 0.25) is 0 Å². The fraction of sp³-hybridized carbons (Fsp3) is 0.267. The number of carbonyl (C=O) groups is 1. The molecule has 0 aliphatic heterocycles. The molecular weight excluding hydrogens is 277 g/mol. The zero-order valence-electron chi connectivity index (χ0n) is 12.0. The van der Waals surface area contributed by atoms with Gasteiger partial charge in [0.05, 0.1) is 25.8 Å². The molecule has 0 amide bonds. The Morgan fingerprint density at radius 1 is 1.29 bits per heavy atom. The van der Waals surface area contributed by atoms with Gasteiger partial charge in [0.25, 0.3) is 0 Å². The largest absolute Gasteiger partial charge is 0.496 e. The minimum atomic E-state index is -0.586. The lowest BCUT2D eigenvalue weighted by atomic mass is 10.0. The van der Waals surface area contributed by atoms with Gasteiger partial charge in [0.15, 0.2) is 0 Å². The Morgan fingerprint density at radius 2 is 2.05 bits per heavy atom. The number of halogens is 1. The minimum Gasteiger partial charge on any atom is -0.496 e. The first-order valence-electron chi connectivity index (χ1n) is 6.30. The van der Waals surface area contributed by atoms with Crippen molar-refractivity contribution in [3.8, 4) is 5.75 Å². The van der Waals surface area contributed by atoms with E-state index in [1.165, 1.54) is 26.4 Å². The predicted molar refractivity (Wildman–Crippen MR) is 73.9 cm³/mol. The second-order valence-electron chi connectivity index (χ2n) is 4.27. The number of rotatable bonds is 5. The van der Waals surface area contributed by atoms with Crippen molar-refractivity contribution < 1.29 is 23.1 Å². The molecule has 0 saturated heterocycles. The van der Waals surface area contributed by atoms with Crippen LogP contribution in [0.15, 0.2) is 34.7 Å². The van der Waals surface area contributed by atoms with Crippen LogP contribution in [0, 0.1) is 5.82 Å². The smallest absolute Gasteiger partial charge is 0.373 e. The molecule has 1 atom stereocenters. The Hall–Kier alpha value is -2.34. The van der Waals surface area contributed by atoms with Crippen LogP contribution in [-0.2, 0) is 4.74 Å². The van der Waals surface area contributed by atoms with Crippen molar-refractivity contribution in [1.29, 1.82) is 0 Å². The standard InChI is InChI=1S/C15H16FNO4/c1-17-14(11-7-8-12(21-11)15(18)20-3)13-9(16)5-4-6-10(13)19-2/h4-8,14,17H,1-3H3. The van der Waals surface area contributed by atoms with Crippen LogP contribution in [0.25, 0.3) is 0 Å². The molecule has 21 heavy (non-hydrogen) atoms. The van der Waals surface area contributed by atoms with E-state index in [9.17, 15) is 9.18 Å². The summed E-state index contributed by atoms with van der Waals surface area (Å²) in [6.45, 7) is 0. The van der Waals surface area contributed by atoms with Crippen LogP contribution in [0.5, 0.6) is 5.75 Å². The summed E-state index contributed by atoms with van der Waals surface area (Å²) in [5.41, 5.74) is 0.313. The Morgan fingerprint density at radius 3 is 2.67 bits per heavy atom. The second-order valence-corrected chi connectivity index (χ2v) is 4.27. The SMILES string of the molecule is CNC(c1ccc(C(=O)OC)o1)c1c(F)cccc1OC. The second kappa shape index (κ2) is 6.41. The first-order valence-corrected chi connectivity index (χ1v) is 6.30. The summed E-state index contributed by atoms with van der Waals surface area (Å²) in [6, 6.07) is 7.06. The van der Waals surface area contributed by atoms with E-state index in [1.807, 2.05) is 0 Å². The molecule has 1 aromatic heterocycles. The van der Waals surface area contributed by atoms with Gasteiger partial charge in [-0.15, -0.1) is 0 Å². The van der Waals surface area contributed by atoms with Crippen LogP contribution in [0.4, 0.5) is 4.39 Å². The topological polar surface area (TPSA) is 60.7 Å². The van der Waals surface area contributed by atoms with Gasteiger partial charge >= 0.3 is 5.97 Å². The van der Waals surface area contributed by atoms with Gasteiger partial charge in [0.1, 0.15) is 17.3 Å². The number of furan rings is 1. The van der Waals surface area contributed by atoms with Crippen LogP contribution in [-0.4, -0.2) is 27.2 Å². The van der Waals surface area contributed by atoms with E-state index in [1.54, 1.807) is 25.2 Å². The lowest BCUT2D eigenvalue weighted by Crippen LogP contribution is -2.19. The van der Waals surface area contributed by atoms with E-state index >= 15 is 0 Å². The molecule has 0 aliphatic carbocycles. The van der Waals surface area contributed by atoms with E-state index in [2.05, 4.69) is 10.1 Å². The molecule has 0 spiro atoms. The molecule has 0 fully saturated rings. The van der Waals surface area contributed by atoms with Crippen molar-refractivity contribution in [2.24, 2.45) is 0 Å². The monoisotopic (exact) mass is 293 g/mol. The van der Waals surface area contributed by atoms with E-state index in [-0.39, 0.29) is 5.76 Å². The molecule has 2 aromatic rings. The Labute approximate surface area is 121 Å². The van der Waals surface area contributed by atoms with Gasteiger partial charge in [0.2, 0.25) is 5.76 Å². The number of benzene rings is 1. The van der Waals surface area contributed by atoms with Gasteiger partial charge < -0.3 is 19.2 Å². The lowest BCUT2D eigenvalue weighted by molar-refractivity contribution is 0.0562. The third kappa shape index (κ3) is 2.90. The zero-order valence-corrected chi connectivity index (χ0v) is 12.0. The summed E-state index contributed by atoms with van der Waals surface area (Å²) in [7, 11) is 4.39. The van der Waals surface area contributed by atoms with Crippen LogP contribution in [0.3, 0.4) is 0 Å². The van der Waals surface area contributed by atoms with Gasteiger partial charge in [-0.1, -0.05) is 6.07 Å². The highest BCUT2D eigenvalue weighted by Gasteiger charge is 2.24. The summed E-state index contributed by atoms with van der Waals surface area (Å²) in [4.78, 5) is 11.4. The van der Waals surface area contributed by atoms with Gasteiger partial charge in [-0.25, -0.2) is 9.18 Å². The van der Waals surface area contributed by atoms with E-state index in [0.717, 1.165) is 0 Å². The van der Waals surface area contributed by atoms with Crippen LogP contribution in [0.1, 0.15) is 27.9 Å². The van der Waals surface area contributed by atoms with Crippen molar-refractivity contribution in [3.05, 3.63) is 53.2 Å². The average Bonchev–Trinajstić information content (AvgIpc) is 2.98. The molecule has 1 unspecified atom stereocenters. The summed E-state index contributed by atoms with van der Waals surface area (Å²) in [5, 5.41) is 2.95. The van der Waals surface area contributed by atoms with E-state index in [4.69, 9.17) is 9.15 Å². The first kappa shape index (κ1) is 15.1. The summed E-state index contributed by atoms with van der Waals surface area (Å²) in [6.07, 6.45) is 0. The van der Waals surface area contributed by atoms with Gasteiger partial charge in [0, 0.05) is 0 Å². The lowest BCUT2D eigenvalue weighted by Gasteiger charge is -2.18. The van der Waals surface area contributed by atoms with Crippen molar-refractivity contribution in [2.45, 2.75) is 6.04 Å². The Bertz CT molecular complexity index is 638. The Balaban J connectivity index is 2.45. The number of hydrogen-bond donors (Lipinski definition) is 1. The fourth-order valence-electron chi connectivity index (χ4n) is 2.12. The van der Waals surface area contributed by atoms with Gasteiger partial charge in [-0.2, -0.15) is 0 Å². The van der Waals surface area contributed by atoms with Crippen LogP contribution >= 0.6 is 0 Å². The number of nitrogens with one attached hydrogen (secondary N) is 1. The highest BCUT2D eigenvalue weighted by Crippen LogP contribution is 2.32. The maximum atomic E-state index is 14.1. The van der Waals surface area contributed by atoms with Crippen LogP contribution < -0.4 is 10.1 Å². The maximum Gasteiger partial charge on any atom is 0.373 e. The molecule has 0 saturated carbocycles. The average molecular weight is 293 g/mol. The van der Waals surface area contributed by atoms with E-state index < -0.39 is 17.8 Å². The van der Waals surface area contributed by atoms with Crippen molar-refractivity contribution in [1.82, 2.24) is 5.32 Å². The summed E-state index contributed by atoms with van der Waals surface area (Å²) >= 11 is 0. The third-order valence-corrected chi connectivity index (χ3v) is 3.11. The quantitative estimate of drug-likeness (QED) is 0.858. The number of ether oxygens (including phenoxy) is 2. The summed E-state index contributed by atoms with van der Waals surface area (Å²) < 4.78 is 29.4. The molecule has 2 rings (SSSR count). The normalized spacial score (nSPS) is 12.0. The number of carbonyl (C=O) groups excluding carboxylic acids is 1. The molecule has 112 valence electrons.